The van der Waals surface area contributed by atoms with Gasteiger partial charge in [-0.1, -0.05) is 31.5 Å². The Morgan fingerprint density at radius 2 is 2.00 bits per heavy atom. The van der Waals surface area contributed by atoms with Crippen molar-refractivity contribution in [2.75, 3.05) is 5.73 Å². The molecule has 0 aliphatic heterocycles. The average molecular weight is 280 g/mol. The van der Waals surface area contributed by atoms with E-state index < -0.39 is 0 Å². The van der Waals surface area contributed by atoms with Crippen LogP contribution in [0.4, 0.5) is 5.69 Å². The lowest BCUT2D eigenvalue weighted by Crippen LogP contribution is -2.30. The lowest BCUT2D eigenvalue weighted by molar-refractivity contribution is 0.262. The maximum Gasteiger partial charge on any atom is 0.184 e. The Hall–Kier alpha value is -1.62. The molecule has 0 spiro atoms. The van der Waals surface area contributed by atoms with Gasteiger partial charge in [0.25, 0.3) is 0 Å². The fraction of sp³-hybridized carbons (Fsp3) is 0.462. The van der Waals surface area contributed by atoms with E-state index in [9.17, 15) is 0 Å². The number of benzene rings is 1. The van der Waals surface area contributed by atoms with Crippen molar-refractivity contribution < 1.29 is 0 Å². The number of halogens is 1. The molecule has 2 aromatic rings. The highest BCUT2D eigenvalue weighted by Gasteiger charge is 2.28. The van der Waals surface area contributed by atoms with Crippen LogP contribution in [0.2, 0.25) is 5.02 Å². The van der Waals surface area contributed by atoms with Gasteiger partial charge in [0.1, 0.15) is 0 Å². The zero-order chi connectivity index (χ0) is 14.0. The van der Waals surface area contributed by atoms with Crippen molar-refractivity contribution in [1.29, 1.82) is 0 Å². The van der Waals surface area contributed by atoms with E-state index in [4.69, 9.17) is 17.3 Å². The van der Waals surface area contributed by atoms with Gasteiger partial charge in [-0.2, -0.15) is 0 Å². The third kappa shape index (κ3) is 2.30. The Morgan fingerprint density at radius 1 is 1.32 bits per heavy atom. The molecule has 1 aromatic heterocycles. The SMILES string of the molecule is CCC(C)(CC)n1nnnc1-c1cccc(N)c1Cl. The first-order valence-corrected chi connectivity index (χ1v) is 6.74. The number of hydrogen-bond donors (Lipinski definition) is 1. The van der Waals surface area contributed by atoms with Gasteiger partial charge in [0.2, 0.25) is 0 Å². The molecule has 0 amide bonds. The Balaban J connectivity index is 2.60. The number of nitrogens with two attached hydrogens (primary N) is 1. The lowest BCUT2D eigenvalue weighted by atomic mass is 9.95. The number of aromatic nitrogens is 4. The highest BCUT2D eigenvalue weighted by atomic mass is 35.5. The first kappa shape index (κ1) is 13.8. The molecule has 0 saturated heterocycles. The van der Waals surface area contributed by atoms with Crippen LogP contribution in [-0.2, 0) is 5.54 Å². The molecule has 2 N–H and O–H groups in total. The third-order valence-corrected chi connectivity index (χ3v) is 4.20. The van der Waals surface area contributed by atoms with E-state index in [1.54, 1.807) is 6.07 Å². The van der Waals surface area contributed by atoms with Crippen LogP contribution in [0, 0.1) is 0 Å². The summed E-state index contributed by atoms with van der Waals surface area (Å²) in [7, 11) is 0. The first-order chi connectivity index (χ1) is 9.03. The van der Waals surface area contributed by atoms with Crippen molar-refractivity contribution in [1.82, 2.24) is 20.2 Å². The molecule has 0 radical (unpaired) electrons. The molecular weight excluding hydrogens is 262 g/mol. The van der Waals surface area contributed by atoms with Crippen molar-refractivity contribution >= 4 is 17.3 Å². The fourth-order valence-electron chi connectivity index (χ4n) is 1.99. The highest BCUT2D eigenvalue weighted by Crippen LogP contribution is 2.34. The maximum absolute atomic E-state index is 6.26. The second-order valence-corrected chi connectivity index (χ2v) is 5.21. The van der Waals surface area contributed by atoms with Crippen molar-refractivity contribution in [3.05, 3.63) is 23.2 Å². The monoisotopic (exact) mass is 279 g/mol. The third-order valence-electron chi connectivity index (χ3n) is 3.77. The van der Waals surface area contributed by atoms with Crippen LogP contribution >= 0.6 is 11.6 Å². The molecule has 0 bridgehead atoms. The van der Waals surface area contributed by atoms with E-state index in [1.807, 2.05) is 16.8 Å². The van der Waals surface area contributed by atoms with Gasteiger partial charge in [0.15, 0.2) is 5.82 Å². The van der Waals surface area contributed by atoms with Gasteiger partial charge in [-0.3, -0.25) is 0 Å². The summed E-state index contributed by atoms with van der Waals surface area (Å²) in [5, 5.41) is 12.5. The molecular formula is C13H18ClN5. The summed E-state index contributed by atoms with van der Waals surface area (Å²) >= 11 is 6.26. The summed E-state index contributed by atoms with van der Waals surface area (Å²) in [5.74, 6) is 0.656. The van der Waals surface area contributed by atoms with Crippen LogP contribution in [0.1, 0.15) is 33.6 Å². The summed E-state index contributed by atoms with van der Waals surface area (Å²) in [6.45, 7) is 6.37. The summed E-state index contributed by atoms with van der Waals surface area (Å²) in [5.41, 5.74) is 7.00. The predicted molar refractivity (Wildman–Crippen MR) is 76.9 cm³/mol. The minimum absolute atomic E-state index is 0.132. The highest BCUT2D eigenvalue weighted by molar-refractivity contribution is 6.35. The molecule has 5 nitrogen and oxygen atoms in total. The molecule has 0 atom stereocenters. The number of nitrogen functional groups attached to an aromatic ring is 1. The van der Waals surface area contributed by atoms with Crippen LogP contribution in [0.3, 0.4) is 0 Å². The second-order valence-electron chi connectivity index (χ2n) is 4.83. The maximum atomic E-state index is 6.26. The standard InChI is InChI=1S/C13H18ClN5/c1-4-13(3,5-2)19-12(16-17-18-19)9-7-6-8-10(15)11(9)14/h6-8H,4-5,15H2,1-3H3. The molecule has 0 fully saturated rings. The van der Waals surface area contributed by atoms with Gasteiger partial charge in [0.05, 0.1) is 16.2 Å². The predicted octanol–water partition coefficient (Wildman–Crippen LogP) is 3.11. The van der Waals surface area contributed by atoms with Crippen LogP contribution in [0.5, 0.6) is 0 Å². The van der Waals surface area contributed by atoms with Crippen LogP contribution < -0.4 is 5.73 Å². The van der Waals surface area contributed by atoms with E-state index in [1.165, 1.54) is 0 Å². The molecule has 6 heteroatoms. The van der Waals surface area contributed by atoms with Gasteiger partial charge < -0.3 is 5.73 Å². The number of tetrazole rings is 1. The summed E-state index contributed by atoms with van der Waals surface area (Å²) in [6, 6.07) is 5.50. The smallest absolute Gasteiger partial charge is 0.184 e. The van der Waals surface area contributed by atoms with E-state index in [-0.39, 0.29) is 5.54 Å². The molecule has 102 valence electrons. The van der Waals surface area contributed by atoms with Gasteiger partial charge in [0, 0.05) is 5.56 Å². The Labute approximate surface area is 117 Å². The van der Waals surface area contributed by atoms with Crippen molar-refractivity contribution in [3.8, 4) is 11.4 Å². The summed E-state index contributed by atoms with van der Waals surface area (Å²) in [6.07, 6.45) is 1.86. The summed E-state index contributed by atoms with van der Waals surface area (Å²) in [4.78, 5) is 0. The quantitative estimate of drug-likeness (QED) is 0.873. The zero-order valence-corrected chi connectivity index (χ0v) is 12.1. The molecule has 1 heterocycles. The van der Waals surface area contributed by atoms with Crippen molar-refractivity contribution in [3.63, 3.8) is 0 Å². The lowest BCUT2D eigenvalue weighted by Gasteiger charge is -2.27. The van der Waals surface area contributed by atoms with Gasteiger partial charge in [-0.25, -0.2) is 4.68 Å². The zero-order valence-electron chi connectivity index (χ0n) is 11.4. The van der Waals surface area contributed by atoms with E-state index in [0.717, 1.165) is 18.4 Å². The van der Waals surface area contributed by atoms with E-state index >= 15 is 0 Å². The van der Waals surface area contributed by atoms with Crippen LogP contribution in [-0.4, -0.2) is 20.2 Å². The number of hydrogen-bond acceptors (Lipinski definition) is 4. The van der Waals surface area contributed by atoms with Crippen LogP contribution in [0.25, 0.3) is 11.4 Å². The summed E-state index contributed by atoms with van der Waals surface area (Å²) < 4.78 is 1.84. The molecule has 2 rings (SSSR count). The molecule has 19 heavy (non-hydrogen) atoms. The minimum Gasteiger partial charge on any atom is -0.398 e. The van der Waals surface area contributed by atoms with E-state index in [2.05, 4.69) is 36.3 Å². The Morgan fingerprint density at radius 3 is 2.63 bits per heavy atom. The minimum atomic E-state index is -0.132. The first-order valence-electron chi connectivity index (χ1n) is 6.36. The Kier molecular flexibility index (Phi) is 3.75. The van der Waals surface area contributed by atoms with Crippen LogP contribution in [0.15, 0.2) is 18.2 Å². The van der Waals surface area contributed by atoms with Crippen molar-refractivity contribution in [2.24, 2.45) is 0 Å². The number of anilines is 1. The van der Waals surface area contributed by atoms with Crippen molar-refractivity contribution in [2.45, 2.75) is 39.2 Å². The second kappa shape index (κ2) is 5.17. The van der Waals surface area contributed by atoms with Gasteiger partial charge in [-0.15, -0.1) is 5.10 Å². The normalized spacial score (nSPS) is 11.8. The largest absolute Gasteiger partial charge is 0.398 e. The topological polar surface area (TPSA) is 69.6 Å². The molecule has 0 aliphatic rings. The Bertz CT molecular complexity index is 574. The van der Waals surface area contributed by atoms with Gasteiger partial charge in [-0.05, 0) is 42.3 Å². The average Bonchev–Trinajstić information content (AvgIpc) is 2.90. The van der Waals surface area contributed by atoms with E-state index in [0.29, 0.717) is 16.5 Å². The molecule has 0 saturated carbocycles. The molecule has 1 aromatic carbocycles. The number of rotatable bonds is 4. The molecule has 0 unspecified atom stereocenters. The molecule has 0 aliphatic carbocycles. The fourth-order valence-corrected chi connectivity index (χ4v) is 2.20. The number of nitrogens with zero attached hydrogens (tertiary/aromatic N) is 4. The van der Waals surface area contributed by atoms with Gasteiger partial charge >= 0.3 is 0 Å².